The molecule has 1 aliphatic rings. The van der Waals surface area contributed by atoms with E-state index in [0.717, 1.165) is 6.42 Å². The second-order valence-electron chi connectivity index (χ2n) is 5.86. The van der Waals surface area contributed by atoms with Gasteiger partial charge in [0.1, 0.15) is 0 Å². The van der Waals surface area contributed by atoms with E-state index in [-0.39, 0.29) is 23.6 Å². The van der Waals surface area contributed by atoms with Crippen molar-refractivity contribution in [1.29, 1.82) is 0 Å². The summed E-state index contributed by atoms with van der Waals surface area (Å²) in [6.45, 7) is 1.26. The van der Waals surface area contributed by atoms with E-state index in [9.17, 15) is 9.59 Å². The Morgan fingerprint density at radius 1 is 1.20 bits per heavy atom. The molecule has 6 nitrogen and oxygen atoms in total. The number of thioether (sulfide) groups is 1. The Morgan fingerprint density at radius 2 is 1.96 bits per heavy atom. The molecule has 1 aromatic carbocycles. The zero-order valence-electron chi connectivity index (χ0n) is 13.8. The summed E-state index contributed by atoms with van der Waals surface area (Å²) in [6, 6.07) is 11.7. The molecule has 0 radical (unpaired) electrons. The lowest BCUT2D eigenvalue weighted by molar-refractivity contribution is -0.127. The molecule has 1 aromatic heterocycles. The van der Waals surface area contributed by atoms with Crippen molar-refractivity contribution < 1.29 is 9.59 Å². The van der Waals surface area contributed by atoms with Gasteiger partial charge in [-0.15, -0.1) is 0 Å². The minimum atomic E-state index is -0.118. The summed E-state index contributed by atoms with van der Waals surface area (Å²) in [6.07, 6.45) is 4.49. The Kier molecular flexibility index (Phi) is 6.00. The van der Waals surface area contributed by atoms with Crippen LogP contribution >= 0.6 is 11.8 Å². The zero-order chi connectivity index (χ0) is 17.5. The highest BCUT2D eigenvalue weighted by atomic mass is 32.2. The molecule has 0 saturated carbocycles. The van der Waals surface area contributed by atoms with E-state index < -0.39 is 0 Å². The number of carbonyl (C=O) groups excluding carboxylic acids is 2. The number of hydrogen-bond acceptors (Lipinski definition) is 5. The molecule has 1 fully saturated rings. The molecule has 7 heteroatoms. The zero-order valence-corrected chi connectivity index (χ0v) is 14.6. The molecule has 2 aromatic rings. The number of amides is 2. The van der Waals surface area contributed by atoms with Gasteiger partial charge in [-0.2, -0.15) is 0 Å². The van der Waals surface area contributed by atoms with Crippen LogP contribution in [0.15, 0.2) is 53.9 Å². The molecule has 1 saturated heterocycles. The first-order chi connectivity index (χ1) is 12.2. The molecule has 0 unspecified atom stereocenters. The van der Waals surface area contributed by atoms with Crippen LogP contribution < -0.4 is 5.32 Å². The van der Waals surface area contributed by atoms with Crippen LogP contribution in [-0.2, 0) is 16.0 Å². The van der Waals surface area contributed by atoms with Crippen LogP contribution in [0, 0.1) is 0 Å². The number of hydrogen-bond donors (Lipinski definition) is 1. The van der Waals surface area contributed by atoms with Gasteiger partial charge in [-0.3, -0.25) is 9.59 Å². The SMILES string of the molecule is O=C(CSc1ncccn1)N[C@H]1CC(=O)N(CCc2ccccc2)C1. The number of rotatable bonds is 7. The Hall–Kier alpha value is -2.41. The number of carbonyl (C=O) groups is 2. The van der Waals surface area contributed by atoms with Gasteiger partial charge in [-0.25, -0.2) is 9.97 Å². The molecular formula is C18H20N4O2S. The first kappa shape index (κ1) is 17.4. The fraction of sp³-hybridized carbons (Fsp3) is 0.333. The number of nitrogens with zero attached hydrogens (tertiary/aromatic N) is 3. The van der Waals surface area contributed by atoms with Crippen LogP contribution in [0.3, 0.4) is 0 Å². The second kappa shape index (κ2) is 8.62. The van der Waals surface area contributed by atoms with Crippen molar-refractivity contribution in [3.8, 4) is 0 Å². The predicted octanol–water partition coefficient (Wildman–Crippen LogP) is 1.53. The summed E-state index contributed by atoms with van der Waals surface area (Å²) in [7, 11) is 0. The van der Waals surface area contributed by atoms with E-state index in [2.05, 4.69) is 27.4 Å². The third-order valence-electron chi connectivity index (χ3n) is 3.97. The van der Waals surface area contributed by atoms with Crippen LogP contribution in [0.1, 0.15) is 12.0 Å². The third kappa shape index (κ3) is 5.29. The van der Waals surface area contributed by atoms with Gasteiger partial charge in [0.15, 0.2) is 5.16 Å². The van der Waals surface area contributed by atoms with Gasteiger partial charge in [0.25, 0.3) is 0 Å². The van der Waals surface area contributed by atoms with E-state index in [1.165, 1.54) is 17.3 Å². The molecule has 0 aliphatic carbocycles. The highest BCUT2D eigenvalue weighted by Crippen LogP contribution is 2.14. The molecule has 1 N–H and O–H groups in total. The molecule has 1 atom stereocenters. The van der Waals surface area contributed by atoms with Crippen molar-refractivity contribution >= 4 is 23.6 Å². The summed E-state index contributed by atoms with van der Waals surface area (Å²) < 4.78 is 0. The van der Waals surface area contributed by atoms with Gasteiger partial charge in [0.2, 0.25) is 11.8 Å². The summed E-state index contributed by atoms with van der Waals surface area (Å²) >= 11 is 1.29. The molecule has 2 heterocycles. The van der Waals surface area contributed by atoms with Gasteiger partial charge in [-0.05, 0) is 18.1 Å². The van der Waals surface area contributed by atoms with E-state index in [1.807, 2.05) is 23.1 Å². The average Bonchev–Trinajstić information content (AvgIpc) is 2.99. The summed E-state index contributed by atoms with van der Waals surface area (Å²) in [5, 5.41) is 3.50. The molecule has 2 amide bonds. The third-order valence-corrected chi connectivity index (χ3v) is 4.84. The molecule has 1 aliphatic heterocycles. The second-order valence-corrected chi connectivity index (χ2v) is 6.81. The minimum absolute atomic E-state index is 0.0971. The summed E-state index contributed by atoms with van der Waals surface area (Å²) in [4.78, 5) is 34.1. The molecule has 130 valence electrons. The number of benzene rings is 1. The predicted molar refractivity (Wildman–Crippen MR) is 96.0 cm³/mol. The number of nitrogens with one attached hydrogen (secondary N) is 1. The van der Waals surface area contributed by atoms with Gasteiger partial charge in [0.05, 0.1) is 11.8 Å². The maximum Gasteiger partial charge on any atom is 0.230 e. The van der Waals surface area contributed by atoms with Gasteiger partial charge in [-0.1, -0.05) is 42.1 Å². The Morgan fingerprint density at radius 3 is 2.72 bits per heavy atom. The van der Waals surface area contributed by atoms with E-state index in [4.69, 9.17) is 0 Å². The van der Waals surface area contributed by atoms with E-state index in [0.29, 0.717) is 24.7 Å². The van der Waals surface area contributed by atoms with Crippen LogP contribution in [0.25, 0.3) is 0 Å². The topological polar surface area (TPSA) is 75.2 Å². The first-order valence-electron chi connectivity index (χ1n) is 8.21. The maximum atomic E-state index is 12.1. The first-order valence-corrected chi connectivity index (χ1v) is 9.20. The van der Waals surface area contributed by atoms with Crippen LogP contribution in [0.4, 0.5) is 0 Å². The Balaban J connectivity index is 1.41. The quantitative estimate of drug-likeness (QED) is 0.601. The van der Waals surface area contributed by atoms with Crippen molar-refractivity contribution in [3.63, 3.8) is 0 Å². The minimum Gasteiger partial charge on any atom is -0.350 e. The lowest BCUT2D eigenvalue weighted by Crippen LogP contribution is -2.38. The Labute approximate surface area is 151 Å². The standard InChI is InChI=1S/C18H20N4O2S/c23-16(13-25-18-19-8-4-9-20-18)21-15-11-17(24)22(12-15)10-7-14-5-2-1-3-6-14/h1-6,8-9,15H,7,10-13H2,(H,21,23)/t15-/m0/s1. The van der Waals surface area contributed by atoms with Gasteiger partial charge >= 0.3 is 0 Å². The highest BCUT2D eigenvalue weighted by molar-refractivity contribution is 7.99. The maximum absolute atomic E-state index is 12.1. The fourth-order valence-electron chi connectivity index (χ4n) is 2.75. The van der Waals surface area contributed by atoms with Crippen molar-refractivity contribution in [1.82, 2.24) is 20.2 Å². The monoisotopic (exact) mass is 356 g/mol. The Bertz CT molecular complexity index is 712. The van der Waals surface area contributed by atoms with Crippen molar-refractivity contribution in [3.05, 3.63) is 54.4 Å². The van der Waals surface area contributed by atoms with E-state index >= 15 is 0 Å². The highest BCUT2D eigenvalue weighted by Gasteiger charge is 2.30. The molecule has 0 bridgehead atoms. The van der Waals surface area contributed by atoms with Gasteiger partial charge in [0, 0.05) is 31.9 Å². The summed E-state index contributed by atoms with van der Waals surface area (Å²) in [5.41, 5.74) is 1.21. The number of aromatic nitrogens is 2. The lowest BCUT2D eigenvalue weighted by Gasteiger charge is -2.17. The van der Waals surface area contributed by atoms with Crippen molar-refractivity contribution in [2.45, 2.75) is 24.0 Å². The van der Waals surface area contributed by atoms with Crippen LogP contribution in [0.2, 0.25) is 0 Å². The fourth-order valence-corrected chi connectivity index (χ4v) is 3.37. The van der Waals surface area contributed by atoms with E-state index in [1.54, 1.807) is 18.5 Å². The normalized spacial score (nSPS) is 16.9. The average molecular weight is 356 g/mol. The van der Waals surface area contributed by atoms with Crippen molar-refractivity contribution in [2.24, 2.45) is 0 Å². The van der Waals surface area contributed by atoms with Crippen LogP contribution in [0.5, 0.6) is 0 Å². The van der Waals surface area contributed by atoms with Crippen molar-refractivity contribution in [2.75, 3.05) is 18.8 Å². The molecule has 3 rings (SSSR count). The smallest absolute Gasteiger partial charge is 0.230 e. The molecule has 25 heavy (non-hydrogen) atoms. The number of likely N-dealkylation sites (tertiary alicyclic amines) is 1. The largest absolute Gasteiger partial charge is 0.350 e. The molecular weight excluding hydrogens is 336 g/mol. The lowest BCUT2D eigenvalue weighted by atomic mass is 10.1. The summed E-state index contributed by atoms with van der Waals surface area (Å²) in [5.74, 6) is 0.249. The van der Waals surface area contributed by atoms with Gasteiger partial charge < -0.3 is 10.2 Å². The molecule has 0 spiro atoms. The van der Waals surface area contributed by atoms with Crippen LogP contribution in [-0.4, -0.2) is 51.6 Å².